The first kappa shape index (κ1) is 9.66. The van der Waals surface area contributed by atoms with Crippen molar-refractivity contribution in [2.75, 3.05) is 0 Å². The number of pyridine rings is 1. The highest BCUT2D eigenvalue weighted by Gasteiger charge is 2.31. The summed E-state index contributed by atoms with van der Waals surface area (Å²) in [4.78, 5) is 16.0. The number of aromatic nitrogens is 1. The number of halogens is 1. The number of Topliss-reactive ketones (excluding diaryl/α,β-unsaturated/α-hetero) is 1. The van der Waals surface area contributed by atoms with Crippen molar-refractivity contribution in [3.63, 3.8) is 0 Å². The molecule has 0 saturated heterocycles. The quantitative estimate of drug-likeness (QED) is 0.658. The summed E-state index contributed by atoms with van der Waals surface area (Å²) < 4.78 is 0. The van der Waals surface area contributed by atoms with E-state index < -0.39 is 0 Å². The molecule has 0 aromatic carbocycles. The van der Waals surface area contributed by atoms with Crippen LogP contribution in [-0.2, 0) is 6.42 Å². The van der Waals surface area contributed by atoms with Crippen molar-refractivity contribution in [1.82, 2.24) is 4.98 Å². The van der Waals surface area contributed by atoms with Gasteiger partial charge in [0.05, 0.1) is 10.7 Å². The lowest BCUT2D eigenvalue weighted by Crippen LogP contribution is -2.27. The van der Waals surface area contributed by atoms with Crippen molar-refractivity contribution < 1.29 is 4.79 Å². The van der Waals surface area contributed by atoms with Gasteiger partial charge >= 0.3 is 0 Å². The van der Waals surface area contributed by atoms with E-state index in [1.54, 1.807) is 12.3 Å². The molecule has 0 radical (unpaired) electrons. The van der Waals surface area contributed by atoms with Gasteiger partial charge in [0.2, 0.25) is 0 Å². The van der Waals surface area contributed by atoms with Crippen LogP contribution in [-0.4, -0.2) is 10.8 Å². The fourth-order valence-electron chi connectivity index (χ4n) is 1.90. The lowest BCUT2D eigenvalue weighted by atomic mass is 9.76. The van der Waals surface area contributed by atoms with Crippen LogP contribution in [0.3, 0.4) is 0 Å². The Kier molecular flexibility index (Phi) is 2.11. The molecule has 3 heteroatoms. The van der Waals surface area contributed by atoms with Crippen molar-refractivity contribution >= 4 is 17.4 Å². The van der Waals surface area contributed by atoms with Crippen molar-refractivity contribution in [2.45, 2.75) is 26.7 Å². The lowest BCUT2D eigenvalue weighted by Gasteiger charge is -2.29. The van der Waals surface area contributed by atoms with Gasteiger partial charge in [0, 0.05) is 18.2 Å². The minimum Gasteiger partial charge on any atom is -0.294 e. The average molecular weight is 210 g/mol. The molecule has 0 N–H and O–H groups in total. The maximum Gasteiger partial charge on any atom is 0.165 e. The summed E-state index contributed by atoms with van der Waals surface area (Å²) in [6.45, 7) is 4.17. The van der Waals surface area contributed by atoms with Crippen LogP contribution in [0.25, 0.3) is 0 Å². The van der Waals surface area contributed by atoms with Gasteiger partial charge in [0.1, 0.15) is 0 Å². The number of hydrogen-bond acceptors (Lipinski definition) is 2. The minimum atomic E-state index is 0.0327. The number of ketones is 1. The molecule has 2 nitrogen and oxygen atoms in total. The van der Waals surface area contributed by atoms with Gasteiger partial charge in [-0.15, -0.1) is 0 Å². The molecule has 1 aromatic heterocycles. The van der Waals surface area contributed by atoms with E-state index in [9.17, 15) is 4.79 Å². The van der Waals surface area contributed by atoms with Gasteiger partial charge in [-0.1, -0.05) is 25.4 Å². The topological polar surface area (TPSA) is 30.0 Å². The smallest absolute Gasteiger partial charge is 0.165 e. The summed E-state index contributed by atoms with van der Waals surface area (Å²) in [5.41, 5.74) is 1.62. The maximum atomic E-state index is 11.8. The zero-order chi connectivity index (χ0) is 10.3. The Morgan fingerprint density at radius 1 is 1.43 bits per heavy atom. The fourth-order valence-corrected chi connectivity index (χ4v) is 2.05. The van der Waals surface area contributed by atoms with E-state index >= 15 is 0 Å². The highest BCUT2D eigenvalue weighted by molar-refractivity contribution is 6.30. The van der Waals surface area contributed by atoms with E-state index in [-0.39, 0.29) is 11.2 Å². The van der Waals surface area contributed by atoms with E-state index in [2.05, 4.69) is 18.8 Å². The third-order valence-electron chi connectivity index (χ3n) is 2.52. The Balaban J connectivity index is 2.50. The van der Waals surface area contributed by atoms with Gasteiger partial charge in [-0.05, 0) is 17.9 Å². The van der Waals surface area contributed by atoms with E-state index in [0.717, 1.165) is 12.1 Å². The van der Waals surface area contributed by atoms with Crippen molar-refractivity contribution in [3.05, 3.63) is 28.5 Å². The van der Waals surface area contributed by atoms with E-state index in [4.69, 9.17) is 11.6 Å². The summed E-state index contributed by atoms with van der Waals surface area (Å²) >= 11 is 5.80. The minimum absolute atomic E-state index is 0.0327. The van der Waals surface area contributed by atoms with Crippen LogP contribution in [0.1, 0.15) is 36.3 Å². The van der Waals surface area contributed by atoms with Gasteiger partial charge in [0.15, 0.2) is 5.78 Å². The van der Waals surface area contributed by atoms with Crippen molar-refractivity contribution in [3.8, 4) is 0 Å². The van der Waals surface area contributed by atoms with Gasteiger partial charge in [-0.3, -0.25) is 9.78 Å². The number of hydrogen-bond donors (Lipinski definition) is 0. The zero-order valence-corrected chi connectivity index (χ0v) is 9.06. The Labute approximate surface area is 88.3 Å². The predicted octanol–water partition coefficient (Wildman–Crippen LogP) is 2.89. The maximum absolute atomic E-state index is 11.8. The third-order valence-corrected chi connectivity index (χ3v) is 2.73. The number of nitrogens with zero attached hydrogens (tertiary/aromatic N) is 1. The molecule has 0 atom stereocenters. The highest BCUT2D eigenvalue weighted by Crippen LogP contribution is 2.34. The molecular weight excluding hydrogens is 198 g/mol. The molecule has 0 spiro atoms. The second-order valence-corrected chi connectivity index (χ2v) is 5.03. The number of carbonyl (C=O) groups excluding carboxylic acids is 1. The SMILES string of the molecule is CC1(C)CC(=O)c2cc(Cl)cnc2C1. The molecule has 1 aromatic rings. The number of fused-ring (bicyclic) bond motifs is 1. The molecule has 1 aliphatic rings. The normalized spacial score (nSPS) is 19.2. The second kappa shape index (κ2) is 3.06. The first-order valence-electron chi connectivity index (χ1n) is 4.66. The van der Waals surface area contributed by atoms with E-state index in [1.807, 2.05) is 0 Å². The lowest BCUT2D eigenvalue weighted by molar-refractivity contribution is 0.0910. The largest absolute Gasteiger partial charge is 0.294 e. The van der Waals surface area contributed by atoms with Crippen LogP contribution in [0.2, 0.25) is 5.02 Å². The van der Waals surface area contributed by atoms with Crippen LogP contribution in [0.5, 0.6) is 0 Å². The average Bonchev–Trinajstić information content (AvgIpc) is 2.05. The molecule has 0 aliphatic heterocycles. The van der Waals surface area contributed by atoms with Crippen molar-refractivity contribution in [1.29, 1.82) is 0 Å². The van der Waals surface area contributed by atoms with Crippen LogP contribution in [0, 0.1) is 5.41 Å². The molecule has 2 rings (SSSR count). The fraction of sp³-hybridized carbons (Fsp3) is 0.455. The monoisotopic (exact) mass is 209 g/mol. The Morgan fingerprint density at radius 2 is 2.14 bits per heavy atom. The van der Waals surface area contributed by atoms with Crippen LogP contribution in [0.4, 0.5) is 0 Å². The summed E-state index contributed by atoms with van der Waals surface area (Å²) in [5.74, 6) is 0.159. The molecule has 74 valence electrons. The van der Waals surface area contributed by atoms with Crippen LogP contribution < -0.4 is 0 Å². The van der Waals surface area contributed by atoms with Gasteiger partial charge in [-0.25, -0.2) is 0 Å². The number of rotatable bonds is 0. The molecule has 14 heavy (non-hydrogen) atoms. The summed E-state index contributed by atoms with van der Waals surface area (Å²) in [6.07, 6.45) is 3.04. The number of carbonyl (C=O) groups is 1. The van der Waals surface area contributed by atoms with E-state index in [1.165, 1.54) is 0 Å². The molecule has 0 bridgehead atoms. The molecule has 0 fully saturated rings. The van der Waals surface area contributed by atoms with Gasteiger partial charge < -0.3 is 0 Å². The molecule has 1 heterocycles. The van der Waals surface area contributed by atoms with Crippen LogP contribution in [0.15, 0.2) is 12.3 Å². The van der Waals surface area contributed by atoms with Crippen LogP contribution >= 0.6 is 11.6 Å². The molecule has 0 saturated carbocycles. The van der Waals surface area contributed by atoms with Gasteiger partial charge in [0.25, 0.3) is 0 Å². The third kappa shape index (κ3) is 1.67. The summed E-state index contributed by atoms with van der Waals surface area (Å²) in [6, 6.07) is 1.72. The molecule has 1 aliphatic carbocycles. The molecular formula is C11H12ClNO. The first-order valence-corrected chi connectivity index (χ1v) is 5.03. The van der Waals surface area contributed by atoms with E-state index in [0.29, 0.717) is 17.0 Å². The highest BCUT2D eigenvalue weighted by atomic mass is 35.5. The predicted molar refractivity (Wildman–Crippen MR) is 55.7 cm³/mol. The Hall–Kier alpha value is -0.890. The Morgan fingerprint density at radius 3 is 2.86 bits per heavy atom. The first-order chi connectivity index (χ1) is 6.48. The van der Waals surface area contributed by atoms with Crippen molar-refractivity contribution in [2.24, 2.45) is 5.41 Å². The second-order valence-electron chi connectivity index (χ2n) is 4.59. The van der Waals surface area contributed by atoms with Gasteiger partial charge in [-0.2, -0.15) is 0 Å². The standard InChI is InChI=1S/C11H12ClNO/c1-11(2)4-9-8(10(14)5-11)3-7(12)6-13-9/h3,6H,4-5H2,1-2H3. The summed E-state index contributed by atoms with van der Waals surface area (Å²) in [5, 5.41) is 0.539. The molecule has 0 amide bonds. The zero-order valence-electron chi connectivity index (χ0n) is 8.30. The summed E-state index contributed by atoms with van der Waals surface area (Å²) in [7, 11) is 0. The molecule has 0 unspecified atom stereocenters. The Bertz CT molecular complexity index is 398.